The van der Waals surface area contributed by atoms with Crippen molar-refractivity contribution in [2.24, 2.45) is 0 Å². The fraction of sp³-hybridized carbons (Fsp3) is 0.0909. The van der Waals surface area contributed by atoms with Gasteiger partial charge >= 0.3 is 0 Å². The first-order valence-electron chi connectivity index (χ1n) is 8.06. The molecule has 0 aliphatic carbocycles. The van der Waals surface area contributed by atoms with E-state index >= 15 is 0 Å². The predicted octanol–water partition coefficient (Wildman–Crippen LogP) is 5.47. The van der Waals surface area contributed by atoms with Gasteiger partial charge in [0.05, 0.1) is 6.04 Å². The predicted molar refractivity (Wildman–Crippen MR) is 96.7 cm³/mol. The average Bonchev–Trinajstić information content (AvgIpc) is 3.05. The van der Waals surface area contributed by atoms with Gasteiger partial charge in [0, 0.05) is 11.7 Å². The first-order valence-corrected chi connectivity index (χ1v) is 8.06. The number of benzene rings is 3. The van der Waals surface area contributed by atoms with Crippen LogP contribution >= 0.6 is 0 Å². The molecule has 3 aromatic carbocycles. The molecule has 0 N–H and O–H groups in total. The minimum atomic E-state index is 0.304. The molecule has 0 saturated carbocycles. The van der Waals surface area contributed by atoms with Gasteiger partial charge in [-0.15, -0.1) is 0 Å². The van der Waals surface area contributed by atoms with Crippen LogP contribution in [0.4, 0.5) is 0 Å². The third-order valence-corrected chi connectivity index (χ3v) is 4.42. The summed E-state index contributed by atoms with van der Waals surface area (Å²) in [6, 6.07) is 32.6. The maximum atomic E-state index is 2.40. The van der Waals surface area contributed by atoms with E-state index in [-0.39, 0.29) is 0 Å². The quantitative estimate of drug-likeness (QED) is 0.470. The van der Waals surface area contributed by atoms with Crippen LogP contribution in [0.2, 0.25) is 0 Å². The first kappa shape index (κ1) is 13.8. The molecule has 0 amide bonds. The molecule has 112 valence electrons. The molecule has 1 atom stereocenters. The maximum absolute atomic E-state index is 2.40. The Morgan fingerprint density at radius 2 is 1.30 bits per heavy atom. The van der Waals surface area contributed by atoms with Gasteiger partial charge in [0.15, 0.2) is 0 Å². The number of fused-ring (bicyclic) bond motifs is 1. The second-order valence-corrected chi connectivity index (χ2v) is 5.90. The largest absolute Gasteiger partial charge is 0.340 e. The van der Waals surface area contributed by atoms with Gasteiger partial charge in [-0.3, -0.25) is 0 Å². The van der Waals surface area contributed by atoms with Gasteiger partial charge in [0.25, 0.3) is 0 Å². The third kappa shape index (κ3) is 2.78. The van der Waals surface area contributed by atoms with E-state index < -0.39 is 0 Å². The fourth-order valence-corrected chi connectivity index (χ4v) is 3.27. The van der Waals surface area contributed by atoms with Gasteiger partial charge in [-0.25, -0.2) is 0 Å². The van der Waals surface area contributed by atoms with Crippen molar-refractivity contribution in [3.8, 4) is 0 Å². The van der Waals surface area contributed by atoms with E-state index in [9.17, 15) is 0 Å². The Morgan fingerprint density at radius 1 is 0.652 bits per heavy atom. The summed E-state index contributed by atoms with van der Waals surface area (Å²) in [5, 5.41) is 1.29. The average molecular weight is 297 g/mol. The van der Waals surface area contributed by atoms with E-state index in [2.05, 4.69) is 102 Å². The summed E-state index contributed by atoms with van der Waals surface area (Å²) in [6.45, 7) is 0. The normalized spacial score (nSPS) is 12.3. The molecule has 0 spiro atoms. The summed E-state index contributed by atoms with van der Waals surface area (Å²) < 4.78 is 2.40. The number of aromatic nitrogens is 1. The van der Waals surface area contributed by atoms with Crippen LogP contribution in [-0.4, -0.2) is 4.57 Å². The number of nitrogens with zero attached hydrogens (tertiary/aromatic N) is 1. The highest BCUT2D eigenvalue weighted by Crippen LogP contribution is 2.28. The van der Waals surface area contributed by atoms with Crippen molar-refractivity contribution in [3.05, 3.63) is 108 Å². The zero-order valence-electron chi connectivity index (χ0n) is 13.0. The molecule has 1 aromatic heterocycles. The van der Waals surface area contributed by atoms with Crippen molar-refractivity contribution in [3.63, 3.8) is 0 Å². The minimum Gasteiger partial charge on any atom is -0.340 e. The third-order valence-electron chi connectivity index (χ3n) is 4.42. The highest BCUT2D eigenvalue weighted by atomic mass is 15.0. The Balaban J connectivity index is 1.82. The van der Waals surface area contributed by atoms with E-state index in [1.807, 2.05) is 0 Å². The number of para-hydroxylation sites is 1. The Kier molecular flexibility index (Phi) is 3.69. The van der Waals surface area contributed by atoms with Crippen LogP contribution < -0.4 is 0 Å². The Hall–Kier alpha value is -2.80. The second kappa shape index (κ2) is 6.13. The molecule has 1 unspecified atom stereocenters. The monoisotopic (exact) mass is 297 g/mol. The van der Waals surface area contributed by atoms with E-state index in [4.69, 9.17) is 0 Å². The molecule has 23 heavy (non-hydrogen) atoms. The van der Waals surface area contributed by atoms with Gasteiger partial charge in [-0.05, 0) is 35.1 Å². The van der Waals surface area contributed by atoms with Crippen LogP contribution in [-0.2, 0) is 6.42 Å². The molecule has 0 aliphatic rings. The van der Waals surface area contributed by atoms with Gasteiger partial charge in [-0.2, -0.15) is 0 Å². The fourth-order valence-electron chi connectivity index (χ4n) is 3.27. The molecular weight excluding hydrogens is 278 g/mol. The summed E-state index contributed by atoms with van der Waals surface area (Å²) in [5.74, 6) is 0. The Labute approximate surface area is 136 Å². The lowest BCUT2D eigenvalue weighted by Gasteiger charge is -2.21. The smallest absolute Gasteiger partial charge is 0.0626 e. The minimum absolute atomic E-state index is 0.304. The summed E-state index contributed by atoms with van der Waals surface area (Å²) in [6.07, 6.45) is 3.20. The van der Waals surface area contributed by atoms with Crippen LogP contribution in [0.1, 0.15) is 17.2 Å². The topological polar surface area (TPSA) is 4.93 Å². The summed E-state index contributed by atoms with van der Waals surface area (Å²) in [4.78, 5) is 0. The van der Waals surface area contributed by atoms with E-state index in [1.54, 1.807) is 0 Å². The summed E-state index contributed by atoms with van der Waals surface area (Å²) in [5.41, 5.74) is 3.99. The molecular formula is C22H19N. The van der Waals surface area contributed by atoms with Crippen LogP contribution in [0.15, 0.2) is 97.2 Å². The molecule has 1 heterocycles. The van der Waals surface area contributed by atoms with Crippen molar-refractivity contribution >= 4 is 10.9 Å². The van der Waals surface area contributed by atoms with Gasteiger partial charge in [-0.1, -0.05) is 78.9 Å². The lowest BCUT2D eigenvalue weighted by atomic mass is 9.98. The Morgan fingerprint density at radius 3 is 2.09 bits per heavy atom. The van der Waals surface area contributed by atoms with Crippen LogP contribution in [0.25, 0.3) is 10.9 Å². The molecule has 1 nitrogen and oxygen atoms in total. The lowest BCUT2D eigenvalue weighted by molar-refractivity contribution is 0.601. The van der Waals surface area contributed by atoms with Crippen molar-refractivity contribution in [1.82, 2.24) is 4.57 Å². The number of rotatable bonds is 4. The zero-order valence-corrected chi connectivity index (χ0v) is 13.0. The van der Waals surface area contributed by atoms with Crippen molar-refractivity contribution < 1.29 is 0 Å². The van der Waals surface area contributed by atoms with Crippen LogP contribution in [0.3, 0.4) is 0 Å². The lowest BCUT2D eigenvalue weighted by Crippen LogP contribution is -2.12. The highest BCUT2D eigenvalue weighted by Gasteiger charge is 2.16. The molecule has 4 rings (SSSR count). The molecule has 1 heteroatoms. The standard InChI is InChI=1S/C22H19N/c1-3-9-18(10-4-1)17-22(19-11-5-2-6-12-19)23-16-15-20-13-7-8-14-21(20)23/h1-16,22H,17H2. The molecule has 0 bridgehead atoms. The van der Waals surface area contributed by atoms with E-state index in [1.165, 1.54) is 22.0 Å². The first-order chi connectivity index (χ1) is 11.4. The summed E-state index contributed by atoms with van der Waals surface area (Å²) >= 11 is 0. The second-order valence-electron chi connectivity index (χ2n) is 5.90. The highest BCUT2D eigenvalue weighted by molar-refractivity contribution is 5.80. The molecule has 0 radical (unpaired) electrons. The van der Waals surface area contributed by atoms with Crippen molar-refractivity contribution in [1.29, 1.82) is 0 Å². The van der Waals surface area contributed by atoms with Crippen LogP contribution in [0, 0.1) is 0 Å². The van der Waals surface area contributed by atoms with Crippen LogP contribution in [0.5, 0.6) is 0 Å². The Bertz CT molecular complexity index is 891. The number of hydrogen-bond donors (Lipinski definition) is 0. The zero-order chi connectivity index (χ0) is 15.5. The molecule has 0 fully saturated rings. The molecule has 0 saturated heterocycles. The van der Waals surface area contributed by atoms with Gasteiger partial charge < -0.3 is 4.57 Å². The van der Waals surface area contributed by atoms with Crippen molar-refractivity contribution in [2.45, 2.75) is 12.5 Å². The van der Waals surface area contributed by atoms with Gasteiger partial charge in [0.2, 0.25) is 0 Å². The summed E-state index contributed by atoms with van der Waals surface area (Å²) in [7, 11) is 0. The van der Waals surface area contributed by atoms with Gasteiger partial charge in [0.1, 0.15) is 0 Å². The maximum Gasteiger partial charge on any atom is 0.0626 e. The van der Waals surface area contributed by atoms with Crippen molar-refractivity contribution in [2.75, 3.05) is 0 Å². The molecule has 4 aromatic rings. The molecule has 0 aliphatic heterocycles. The van der Waals surface area contributed by atoms with E-state index in [0.29, 0.717) is 6.04 Å². The SMILES string of the molecule is c1ccc(CC(c2ccccc2)n2ccc3ccccc32)cc1. The van der Waals surface area contributed by atoms with E-state index in [0.717, 1.165) is 6.42 Å². The number of hydrogen-bond acceptors (Lipinski definition) is 0.